The molecule has 32 heavy (non-hydrogen) atoms. The average Bonchev–Trinajstić information content (AvgIpc) is 3.23. The van der Waals surface area contributed by atoms with Crippen molar-refractivity contribution in [3.63, 3.8) is 0 Å². The summed E-state index contributed by atoms with van der Waals surface area (Å²) in [5, 5.41) is 30.2. The van der Waals surface area contributed by atoms with Crippen LogP contribution < -0.4 is 5.73 Å². The fraction of sp³-hybridized carbons (Fsp3) is 0.182. The van der Waals surface area contributed by atoms with Gasteiger partial charge in [-0.25, -0.2) is 9.97 Å². The van der Waals surface area contributed by atoms with Gasteiger partial charge in [-0.3, -0.25) is 10.1 Å². The van der Waals surface area contributed by atoms with Gasteiger partial charge in [-0.05, 0) is 32.0 Å². The number of anilines is 1. The van der Waals surface area contributed by atoms with E-state index in [9.17, 15) is 20.3 Å². The Balaban J connectivity index is 0.000000182. The second kappa shape index (κ2) is 8.80. The summed E-state index contributed by atoms with van der Waals surface area (Å²) in [7, 11) is 3.70. The third-order valence-corrected chi connectivity index (χ3v) is 4.96. The number of rotatable bonds is 3. The van der Waals surface area contributed by atoms with E-state index < -0.39 is 4.92 Å². The number of hydrogen-bond donors (Lipinski definition) is 3. The number of aromatic hydroxyl groups is 2. The van der Waals surface area contributed by atoms with Crippen LogP contribution in [0.2, 0.25) is 0 Å². The first-order valence-electron chi connectivity index (χ1n) is 9.62. The van der Waals surface area contributed by atoms with E-state index in [2.05, 4.69) is 9.97 Å². The standard InChI is InChI=1S/C11H11N3O3.C11H13N3O/c1-7-11(13(2)6-12-7)9-4-3-8(14(16)17)5-10(9)15;1-7-11(14(2)6-13-7)9-4-3-8(12)5-10(9)15/h3-6,15H,1-2H3;3-6,15H,12H2,1-2H3. The third-order valence-electron chi connectivity index (χ3n) is 4.96. The van der Waals surface area contributed by atoms with Crippen molar-refractivity contribution in [2.24, 2.45) is 14.1 Å². The van der Waals surface area contributed by atoms with E-state index in [4.69, 9.17) is 5.73 Å². The van der Waals surface area contributed by atoms with Crippen molar-refractivity contribution in [2.45, 2.75) is 13.8 Å². The van der Waals surface area contributed by atoms with Crippen molar-refractivity contribution in [2.75, 3.05) is 5.73 Å². The van der Waals surface area contributed by atoms with Crippen LogP contribution in [0.3, 0.4) is 0 Å². The lowest BCUT2D eigenvalue weighted by Gasteiger charge is -2.07. The largest absolute Gasteiger partial charge is 0.507 e. The van der Waals surface area contributed by atoms with Gasteiger partial charge < -0.3 is 25.1 Å². The number of aromatic nitrogens is 4. The molecule has 0 fully saturated rings. The molecule has 4 rings (SSSR count). The molecule has 0 unspecified atom stereocenters. The number of nitrogen functional groups attached to an aromatic ring is 1. The summed E-state index contributed by atoms with van der Waals surface area (Å²) in [6, 6.07) is 9.14. The number of nitrogens with zero attached hydrogens (tertiary/aromatic N) is 5. The monoisotopic (exact) mass is 436 g/mol. The van der Waals surface area contributed by atoms with Crippen molar-refractivity contribution >= 4 is 11.4 Å². The Morgan fingerprint density at radius 2 is 1.34 bits per heavy atom. The lowest BCUT2D eigenvalue weighted by atomic mass is 10.1. The topological polar surface area (TPSA) is 145 Å². The van der Waals surface area contributed by atoms with Crippen LogP contribution in [0.5, 0.6) is 11.5 Å². The molecule has 0 aliphatic heterocycles. The molecular weight excluding hydrogens is 412 g/mol. The molecule has 0 spiro atoms. The van der Waals surface area contributed by atoms with Gasteiger partial charge in [0.15, 0.2) is 0 Å². The molecule has 0 amide bonds. The Morgan fingerprint density at radius 1 is 0.875 bits per heavy atom. The molecule has 166 valence electrons. The Kier molecular flexibility index (Phi) is 6.15. The minimum atomic E-state index is -0.542. The smallest absolute Gasteiger partial charge is 0.273 e. The maximum atomic E-state index is 10.6. The van der Waals surface area contributed by atoms with Gasteiger partial charge in [0, 0.05) is 43.0 Å². The number of aryl methyl sites for hydroxylation is 4. The first-order chi connectivity index (χ1) is 15.1. The summed E-state index contributed by atoms with van der Waals surface area (Å²) in [4.78, 5) is 18.3. The molecule has 0 aliphatic rings. The highest BCUT2D eigenvalue weighted by molar-refractivity contribution is 5.72. The van der Waals surface area contributed by atoms with Crippen molar-refractivity contribution in [3.8, 4) is 34.0 Å². The molecule has 2 heterocycles. The number of hydrogen-bond acceptors (Lipinski definition) is 7. The second-order valence-electron chi connectivity index (χ2n) is 7.31. The first-order valence-corrected chi connectivity index (χ1v) is 9.62. The molecule has 0 aliphatic carbocycles. The quantitative estimate of drug-likeness (QED) is 0.252. The number of phenolic OH excluding ortho intramolecular Hbond substituents is 2. The van der Waals surface area contributed by atoms with Crippen LogP contribution in [-0.4, -0.2) is 34.2 Å². The fourth-order valence-corrected chi connectivity index (χ4v) is 3.45. The number of non-ortho nitro benzene ring substituents is 1. The molecular formula is C22H24N6O4. The van der Waals surface area contributed by atoms with E-state index in [0.717, 1.165) is 34.4 Å². The van der Waals surface area contributed by atoms with Crippen LogP contribution in [0.25, 0.3) is 22.5 Å². The van der Waals surface area contributed by atoms with Crippen molar-refractivity contribution in [1.82, 2.24) is 19.1 Å². The molecule has 0 atom stereocenters. The summed E-state index contributed by atoms with van der Waals surface area (Å²) < 4.78 is 3.64. The highest BCUT2D eigenvalue weighted by Gasteiger charge is 2.15. The van der Waals surface area contributed by atoms with Gasteiger partial charge in [0.05, 0.1) is 46.4 Å². The van der Waals surface area contributed by atoms with Crippen molar-refractivity contribution < 1.29 is 15.1 Å². The summed E-state index contributed by atoms with van der Waals surface area (Å²) in [6.07, 6.45) is 3.35. The van der Waals surface area contributed by atoms with E-state index in [1.807, 2.05) is 25.5 Å². The van der Waals surface area contributed by atoms with Gasteiger partial charge in [-0.1, -0.05) is 0 Å². The summed E-state index contributed by atoms with van der Waals surface area (Å²) in [6.45, 7) is 3.72. The highest BCUT2D eigenvalue weighted by Crippen LogP contribution is 2.34. The number of nitrogens with two attached hydrogens (primary N) is 1. The highest BCUT2D eigenvalue weighted by atomic mass is 16.6. The zero-order chi connectivity index (χ0) is 23.6. The van der Waals surface area contributed by atoms with Gasteiger partial charge in [-0.2, -0.15) is 0 Å². The summed E-state index contributed by atoms with van der Waals surface area (Å²) in [5.41, 5.74) is 10.6. The summed E-state index contributed by atoms with van der Waals surface area (Å²) >= 11 is 0. The Labute approximate surface area is 184 Å². The predicted octanol–water partition coefficient (Wildman–Crippen LogP) is 3.69. The van der Waals surface area contributed by atoms with E-state index >= 15 is 0 Å². The van der Waals surface area contributed by atoms with Crippen LogP contribution in [0.15, 0.2) is 49.1 Å². The SMILES string of the molecule is Cc1ncn(C)c1-c1ccc(N)cc1O.Cc1ncn(C)c1-c1ccc([N+](=O)[O-])cc1O. The maximum Gasteiger partial charge on any atom is 0.273 e. The first kappa shape index (κ1) is 22.3. The fourth-order valence-electron chi connectivity index (χ4n) is 3.45. The lowest BCUT2D eigenvalue weighted by Crippen LogP contribution is -1.93. The molecule has 4 aromatic rings. The zero-order valence-electron chi connectivity index (χ0n) is 18.1. The van der Waals surface area contributed by atoms with E-state index in [0.29, 0.717) is 11.3 Å². The number of nitro benzene ring substituents is 1. The molecule has 0 saturated heterocycles. The van der Waals surface area contributed by atoms with Gasteiger partial charge in [0.1, 0.15) is 11.5 Å². The minimum Gasteiger partial charge on any atom is -0.507 e. The minimum absolute atomic E-state index is 0.120. The normalized spacial score (nSPS) is 10.5. The molecule has 10 heteroatoms. The molecule has 0 saturated carbocycles. The van der Waals surface area contributed by atoms with Crippen LogP contribution in [0, 0.1) is 24.0 Å². The molecule has 2 aromatic carbocycles. The van der Waals surface area contributed by atoms with Crippen molar-refractivity contribution in [1.29, 1.82) is 0 Å². The number of phenols is 2. The van der Waals surface area contributed by atoms with E-state index in [-0.39, 0.29) is 17.2 Å². The predicted molar refractivity (Wildman–Crippen MR) is 121 cm³/mol. The molecule has 10 nitrogen and oxygen atoms in total. The van der Waals surface area contributed by atoms with Crippen LogP contribution in [0.4, 0.5) is 11.4 Å². The van der Waals surface area contributed by atoms with Gasteiger partial charge in [0.2, 0.25) is 0 Å². The van der Waals surface area contributed by atoms with E-state index in [1.165, 1.54) is 12.1 Å². The third kappa shape index (κ3) is 4.38. The van der Waals surface area contributed by atoms with Crippen LogP contribution >= 0.6 is 0 Å². The Morgan fingerprint density at radius 3 is 1.72 bits per heavy atom. The Bertz CT molecular complexity index is 1250. The lowest BCUT2D eigenvalue weighted by molar-refractivity contribution is -0.384. The Hall–Kier alpha value is -4.34. The molecule has 2 aromatic heterocycles. The van der Waals surface area contributed by atoms with Crippen LogP contribution in [-0.2, 0) is 14.1 Å². The van der Waals surface area contributed by atoms with Gasteiger partial charge in [0.25, 0.3) is 5.69 Å². The van der Waals surface area contributed by atoms with Gasteiger partial charge in [-0.15, -0.1) is 0 Å². The van der Waals surface area contributed by atoms with E-state index in [1.54, 1.807) is 42.5 Å². The molecule has 0 radical (unpaired) electrons. The zero-order valence-corrected chi connectivity index (χ0v) is 18.1. The van der Waals surface area contributed by atoms with Gasteiger partial charge >= 0.3 is 0 Å². The number of nitro groups is 1. The van der Waals surface area contributed by atoms with Crippen LogP contribution in [0.1, 0.15) is 11.4 Å². The molecule has 0 bridgehead atoms. The maximum absolute atomic E-state index is 10.6. The summed E-state index contributed by atoms with van der Waals surface area (Å²) in [5.74, 6) is 0.0626. The average molecular weight is 436 g/mol. The molecule has 4 N–H and O–H groups in total. The second-order valence-corrected chi connectivity index (χ2v) is 7.31. The number of imidazole rings is 2. The number of benzene rings is 2. The van der Waals surface area contributed by atoms with Crippen molar-refractivity contribution in [3.05, 3.63) is 70.6 Å².